The lowest BCUT2D eigenvalue weighted by Gasteiger charge is -2.36. The molecule has 1 aromatic rings. The standard InChI is InChI=1S/C11H17N5S/c1-2-3-10(8-12)15-4-6-16(7-5-15)11-13-9-14-17-11/h9-10H,2-7H2,1H3. The SMILES string of the molecule is CCCC(C#N)N1CCN(c2ncns2)CC1. The predicted octanol–water partition coefficient (Wildman–Crippen LogP) is 1.35. The summed E-state index contributed by atoms with van der Waals surface area (Å²) in [4.78, 5) is 8.74. The molecule has 0 saturated carbocycles. The Kier molecular flexibility index (Phi) is 4.29. The van der Waals surface area contributed by atoms with Crippen LogP contribution >= 0.6 is 11.5 Å². The van der Waals surface area contributed by atoms with E-state index >= 15 is 0 Å². The molecule has 1 unspecified atom stereocenters. The molecule has 1 aliphatic heterocycles. The van der Waals surface area contributed by atoms with Crippen LogP contribution in [0.2, 0.25) is 0 Å². The molecular formula is C11H17N5S. The summed E-state index contributed by atoms with van der Waals surface area (Å²) >= 11 is 1.44. The molecule has 0 aromatic carbocycles. The summed E-state index contributed by atoms with van der Waals surface area (Å²) in [5, 5.41) is 10.1. The van der Waals surface area contributed by atoms with Gasteiger partial charge in [-0.2, -0.15) is 9.64 Å². The van der Waals surface area contributed by atoms with Crippen molar-refractivity contribution in [3.05, 3.63) is 6.33 Å². The molecule has 5 nitrogen and oxygen atoms in total. The fraction of sp³-hybridized carbons (Fsp3) is 0.727. The van der Waals surface area contributed by atoms with Gasteiger partial charge in [0.15, 0.2) is 0 Å². The van der Waals surface area contributed by atoms with Gasteiger partial charge >= 0.3 is 0 Å². The highest BCUT2D eigenvalue weighted by Crippen LogP contribution is 2.18. The van der Waals surface area contributed by atoms with E-state index in [0.29, 0.717) is 0 Å². The minimum Gasteiger partial charge on any atom is -0.344 e. The molecule has 0 bridgehead atoms. The van der Waals surface area contributed by atoms with E-state index < -0.39 is 0 Å². The van der Waals surface area contributed by atoms with E-state index in [1.807, 2.05) is 0 Å². The van der Waals surface area contributed by atoms with Gasteiger partial charge in [0, 0.05) is 37.7 Å². The zero-order valence-corrected chi connectivity index (χ0v) is 10.9. The second-order valence-corrected chi connectivity index (χ2v) is 4.94. The van der Waals surface area contributed by atoms with Crippen LogP contribution < -0.4 is 4.90 Å². The molecule has 1 saturated heterocycles. The number of hydrogen-bond donors (Lipinski definition) is 0. The van der Waals surface area contributed by atoms with Gasteiger partial charge in [-0.05, 0) is 6.42 Å². The quantitative estimate of drug-likeness (QED) is 0.808. The largest absolute Gasteiger partial charge is 0.344 e. The number of aromatic nitrogens is 2. The lowest BCUT2D eigenvalue weighted by molar-refractivity contribution is 0.211. The summed E-state index contributed by atoms with van der Waals surface area (Å²) in [5.41, 5.74) is 0. The van der Waals surface area contributed by atoms with Crippen LogP contribution in [0.5, 0.6) is 0 Å². The van der Waals surface area contributed by atoms with Crippen molar-refractivity contribution in [1.82, 2.24) is 14.3 Å². The number of piperazine rings is 1. The van der Waals surface area contributed by atoms with Crippen molar-refractivity contribution in [2.24, 2.45) is 0 Å². The molecule has 1 atom stereocenters. The molecule has 0 aliphatic carbocycles. The van der Waals surface area contributed by atoms with Gasteiger partial charge in [0.25, 0.3) is 0 Å². The minimum absolute atomic E-state index is 0.0802. The number of rotatable bonds is 4. The first kappa shape index (κ1) is 12.3. The summed E-state index contributed by atoms with van der Waals surface area (Å²) < 4.78 is 4.02. The van der Waals surface area contributed by atoms with E-state index in [9.17, 15) is 0 Å². The van der Waals surface area contributed by atoms with Gasteiger partial charge in [-0.15, -0.1) is 0 Å². The molecule has 0 spiro atoms. The topological polar surface area (TPSA) is 56.1 Å². The van der Waals surface area contributed by atoms with Crippen LogP contribution in [0.1, 0.15) is 19.8 Å². The van der Waals surface area contributed by atoms with E-state index in [1.54, 1.807) is 6.33 Å². The van der Waals surface area contributed by atoms with Gasteiger partial charge in [-0.25, -0.2) is 4.98 Å². The van der Waals surface area contributed by atoms with Crippen molar-refractivity contribution < 1.29 is 0 Å². The Morgan fingerprint density at radius 1 is 1.47 bits per heavy atom. The second kappa shape index (κ2) is 5.94. The molecule has 1 aliphatic rings. The molecule has 1 aromatic heterocycles. The number of nitrogens with zero attached hydrogens (tertiary/aromatic N) is 5. The summed E-state index contributed by atoms with van der Waals surface area (Å²) in [7, 11) is 0. The first-order chi connectivity index (χ1) is 8.35. The highest BCUT2D eigenvalue weighted by atomic mass is 32.1. The molecule has 0 radical (unpaired) electrons. The molecule has 2 rings (SSSR count). The van der Waals surface area contributed by atoms with Crippen LogP contribution in [0.4, 0.5) is 5.13 Å². The van der Waals surface area contributed by atoms with E-state index in [-0.39, 0.29) is 6.04 Å². The third-order valence-corrected chi connectivity index (χ3v) is 3.81. The van der Waals surface area contributed by atoms with Crippen molar-refractivity contribution in [1.29, 1.82) is 5.26 Å². The van der Waals surface area contributed by atoms with Gasteiger partial charge in [0.2, 0.25) is 5.13 Å². The Hall–Kier alpha value is -1.19. The van der Waals surface area contributed by atoms with Crippen LogP contribution in [0.15, 0.2) is 6.33 Å². The predicted molar refractivity (Wildman–Crippen MR) is 68.0 cm³/mol. The molecule has 6 heteroatoms. The lowest BCUT2D eigenvalue weighted by Crippen LogP contribution is -2.50. The van der Waals surface area contributed by atoms with E-state index in [4.69, 9.17) is 5.26 Å². The average molecular weight is 251 g/mol. The lowest BCUT2D eigenvalue weighted by atomic mass is 10.1. The van der Waals surface area contributed by atoms with Crippen LogP contribution in [-0.2, 0) is 0 Å². The Balaban J connectivity index is 1.87. The first-order valence-electron chi connectivity index (χ1n) is 6.00. The Morgan fingerprint density at radius 3 is 2.76 bits per heavy atom. The average Bonchev–Trinajstić information content (AvgIpc) is 2.90. The third kappa shape index (κ3) is 2.93. The van der Waals surface area contributed by atoms with Crippen molar-refractivity contribution in [2.75, 3.05) is 31.1 Å². The Labute approximate surface area is 106 Å². The zero-order valence-electron chi connectivity index (χ0n) is 10.0. The maximum Gasteiger partial charge on any atom is 0.205 e. The highest BCUT2D eigenvalue weighted by Gasteiger charge is 2.24. The number of hydrogen-bond acceptors (Lipinski definition) is 6. The molecule has 92 valence electrons. The molecular weight excluding hydrogens is 234 g/mol. The summed E-state index contributed by atoms with van der Waals surface area (Å²) in [5.74, 6) is 0. The summed E-state index contributed by atoms with van der Waals surface area (Å²) in [6, 6.07) is 2.48. The van der Waals surface area contributed by atoms with E-state index in [0.717, 1.165) is 44.2 Å². The maximum absolute atomic E-state index is 9.13. The van der Waals surface area contributed by atoms with Crippen molar-refractivity contribution >= 4 is 16.7 Å². The molecule has 0 N–H and O–H groups in total. The normalized spacial score (nSPS) is 18.9. The van der Waals surface area contributed by atoms with Gasteiger partial charge in [0.1, 0.15) is 6.33 Å². The van der Waals surface area contributed by atoms with Gasteiger partial charge in [-0.1, -0.05) is 13.3 Å². The van der Waals surface area contributed by atoms with Crippen LogP contribution in [0, 0.1) is 11.3 Å². The number of anilines is 1. The number of nitriles is 1. The monoisotopic (exact) mass is 251 g/mol. The maximum atomic E-state index is 9.13. The smallest absolute Gasteiger partial charge is 0.205 e. The van der Waals surface area contributed by atoms with Crippen molar-refractivity contribution in [3.8, 4) is 6.07 Å². The van der Waals surface area contributed by atoms with Crippen LogP contribution in [-0.4, -0.2) is 46.5 Å². The molecule has 0 amide bonds. The molecule has 17 heavy (non-hydrogen) atoms. The first-order valence-corrected chi connectivity index (χ1v) is 6.77. The fourth-order valence-corrected chi connectivity index (χ4v) is 2.71. The Morgan fingerprint density at radius 2 is 2.24 bits per heavy atom. The highest BCUT2D eigenvalue weighted by molar-refractivity contribution is 7.09. The summed E-state index contributed by atoms with van der Waals surface area (Å²) in [6.07, 6.45) is 3.63. The third-order valence-electron chi connectivity index (χ3n) is 3.09. The van der Waals surface area contributed by atoms with Crippen LogP contribution in [0.25, 0.3) is 0 Å². The van der Waals surface area contributed by atoms with Crippen LogP contribution in [0.3, 0.4) is 0 Å². The minimum atomic E-state index is 0.0802. The fourth-order valence-electron chi connectivity index (χ4n) is 2.13. The van der Waals surface area contributed by atoms with Gasteiger partial charge in [0.05, 0.1) is 12.1 Å². The van der Waals surface area contributed by atoms with Crippen molar-refractivity contribution in [3.63, 3.8) is 0 Å². The van der Waals surface area contributed by atoms with Gasteiger partial charge < -0.3 is 4.90 Å². The van der Waals surface area contributed by atoms with E-state index in [1.165, 1.54) is 11.5 Å². The Bertz CT molecular complexity index is 364. The van der Waals surface area contributed by atoms with Crippen molar-refractivity contribution in [2.45, 2.75) is 25.8 Å². The zero-order chi connectivity index (χ0) is 12.1. The second-order valence-electron chi connectivity index (χ2n) is 4.18. The summed E-state index contributed by atoms with van der Waals surface area (Å²) in [6.45, 7) is 5.89. The van der Waals surface area contributed by atoms with Gasteiger partial charge in [-0.3, -0.25) is 4.90 Å². The molecule has 2 heterocycles. The molecule has 1 fully saturated rings. The van der Waals surface area contributed by atoms with E-state index in [2.05, 4.69) is 32.2 Å².